The number of halogens is 1. The van der Waals surface area contributed by atoms with Gasteiger partial charge in [0.25, 0.3) is 0 Å². The zero-order valence-electron chi connectivity index (χ0n) is 11.8. The molecule has 1 atom stereocenters. The van der Waals surface area contributed by atoms with Gasteiger partial charge < -0.3 is 9.73 Å². The van der Waals surface area contributed by atoms with Gasteiger partial charge in [-0.25, -0.2) is 9.18 Å². The Hall–Kier alpha value is -2.40. The Morgan fingerprint density at radius 1 is 1.14 bits per heavy atom. The van der Waals surface area contributed by atoms with Crippen LogP contribution in [0.5, 0.6) is 0 Å². The number of aromatic nitrogens is 1. The van der Waals surface area contributed by atoms with Crippen molar-refractivity contribution in [3.8, 4) is 0 Å². The van der Waals surface area contributed by atoms with Gasteiger partial charge in [-0.15, -0.1) is 0 Å². The largest absolute Gasteiger partial charge is 0.419 e. The normalized spacial score (nSPS) is 12.7. The third-order valence-corrected chi connectivity index (χ3v) is 3.64. The number of rotatable bonds is 3. The van der Waals surface area contributed by atoms with Crippen molar-refractivity contribution >= 4 is 11.1 Å². The van der Waals surface area contributed by atoms with Crippen LogP contribution >= 0.6 is 0 Å². The molecule has 0 fully saturated rings. The van der Waals surface area contributed by atoms with Crippen molar-refractivity contribution in [3.05, 3.63) is 70.0 Å². The van der Waals surface area contributed by atoms with Crippen molar-refractivity contribution in [1.82, 2.24) is 9.88 Å². The Labute approximate surface area is 120 Å². The first-order valence-corrected chi connectivity index (χ1v) is 6.62. The van der Waals surface area contributed by atoms with Crippen LogP contribution in [-0.2, 0) is 7.05 Å². The Morgan fingerprint density at radius 2 is 1.81 bits per heavy atom. The van der Waals surface area contributed by atoms with Crippen LogP contribution in [0, 0.1) is 5.82 Å². The van der Waals surface area contributed by atoms with Crippen LogP contribution in [0.2, 0.25) is 0 Å². The van der Waals surface area contributed by atoms with E-state index in [1.165, 1.54) is 16.7 Å². The second-order valence-corrected chi connectivity index (χ2v) is 4.93. The van der Waals surface area contributed by atoms with E-state index in [2.05, 4.69) is 5.32 Å². The molecule has 0 bridgehead atoms. The van der Waals surface area contributed by atoms with Gasteiger partial charge in [-0.3, -0.25) is 4.57 Å². The quantitative estimate of drug-likeness (QED) is 0.805. The van der Waals surface area contributed by atoms with E-state index in [-0.39, 0.29) is 17.6 Å². The molecule has 3 aromatic rings. The molecule has 0 amide bonds. The summed E-state index contributed by atoms with van der Waals surface area (Å²) in [5, 5.41) is 3.19. The van der Waals surface area contributed by atoms with E-state index >= 15 is 0 Å². The van der Waals surface area contributed by atoms with Gasteiger partial charge in [-0.2, -0.15) is 0 Å². The molecule has 0 spiro atoms. The number of benzene rings is 2. The molecule has 0 radical (unpaired) electrons. The summed E-state index contributed by atoms with van der Waals surface area (Å²) in [4.78, 5) is 11.5. The van der Waals surface area contributed by atoms with Gasteiger partial charge in [0.1, 0.15) is 5.82 Å². The van der Waals surface area contributed by atoms with E-state index in [0.717, 1.165) is 16.6 Å². The highest BCUT2D eigenvalue weighted by atomic mass is 19.1. The lowest BCUT2D eigenvalue weighted by molar-refractivity contribution is 0.527. The summed E-state index contributed by atoms with van der Waals surface area (Å²) >= 11 is 0. The molecular formula is C16H15FN2O2. The second-order valence-electron chi connectivity index (χ2n) is 4.93. The van der Waals surface area contributed by atoms with Crippen LogP contribution in [0.3, 0.4) is 0 Å². The van der Waals surface area contributed by atoms with Crippen LogP contribution in [0.1, 0.15) is 17.2 Å². The number of hydrogen-bond donors (Lipinski definition) is 1. The fraction of sp³-hybridized carbons (Fsp3) is 0.188. The molecule has 108 valence electrons. The van der Waals surface area contributed by atoms with E-state index in [1.54, 1.807) is 19.2 Å². The molecule has 1 unspecified atom stereocenters. The van der Waals surface area contributed by atoms with E-state index < -0.39 is 0 Å². The zero-order valence-corrected chi connectivity index (χ0v) is 11.8. The predicted molar refractivity (Wildman–Crippen MR) is 78.8 cm³/mol. The molecule has 0 saturated heterocycles. The standard InChI is InChI=1S/C16H15FN2O2/c1-18-15(10-3-6-12(17)7-4-10)11-5-8-13-14(9-11)21-16(20)19(13)2/h3-9,15,18H,1-2H3. The zero-order chi connectivity index (χ0) is 15.0. The van der Waals surface area contributed by atoms with Crippen LogP contribution in [0.15, 0.2) is 51.7 Å². The highest BCUT2D eigenvalue weighted by Gasteiger charge is 2.14. The number of oxazole rings is 1. The maximum atomic E-state index is 13.0. The Kier molecular flexibility index (Phi) is 3.35. The third kappa shape index (κ3) is 2.36. The van der Waals surface area contributed by atoms with Gasteiger partial charge in [-0.05, 0) is 42.4 Å². The summed E-state index contributed by atoms with van der Waals surface area (Å²) in [6.45, 7) is 0. The fourth-order valence-corrected chi connectivity index (χ4v) is 2.51. The number of nitrogens with one attached hydrogen (secondary N) is 1. The smallest absolute Gasteiger partial charge is 0.408 e. The van der Waals surface area contributed by atoms with Crippen molar-refractivity contribution < 1.29 is 8.81 Å². The molecule has 1 N–H and O–H groups in total. The van der Waals surface area contributed by atoms with E-state index in [9.17, 15) is 9.18 Å². The monoisotopic (exact) mass is 286 g/mol. The lowest BCUT2D eigenvalue weighted by atomic mass is 9.98. The average molecular weight is 286 g/mol. The minimum atomic E-state index is -0.384. The van der Waals surface area contributed by atoms with Gasteiger partial charge >= 0.3 is 5.76 Å². The highest BCUT2D eigenvalue weighted by molar-refractivity contribution is 5.74. The summed E-state index contributed by atoms with van der Waals surface area (Å²) < 4.78 is 19.7. The van der Waals surface area contributed by atoms with Crippen molar-refractivity contribution in [2.75, 3.05) is 7.05 Å². The van der Waals surface area contributed by atoms with Crippen molar-refractivity contribution in [3.63, 3.8) is 0 Å². The number of hydrogen-bond acceptors (Lipinski definition) is 3. The first-order chi connectivity index (χ1) is 10.1. The van der Waals surface area contributed by atoms with Gasteiger partial charge in [0.2, 0.25) is 0 Å². The maximum absolute atomic E-state index is 13.0. The molecular weight excluding hydrogens is 271 g/mol. The average Bonchev–Trinajstić information content (AvgIpc) is 2.77. The summed E-state index contributed by atoms with van der Waals surface area (Å²) in [7, 11) is 3.50. The summed E-state index contributed by atoms with van der Waals surface area (Å²) in [6.07, 6.45) is 0. The molecule has 21 heavy (non-hydrogen) atoms. The minimum Gasteiger partial charge on any atom is -0.408 e. The van der Waals surface area contributed by atoms with Crippen molar-refractivity contribution in [2.45, 2.75) is 6.04 Å². The Morgan fingerprint density at radius 3 is 2.48 bits per heavy atom. The predicted octanol–water partition coefficient (Wildman–Crippen LogP) is 2.58. The second kappa shape index (κ2) is 5.18. The fourth-order valence-electron chi connectivity index (χ4n) is 2.51. The Bertz CT molecular complexity index is 834. The number of aryl methyl sites for hydroxylation is 1. The molecule has 0 aliphatic carbocycles. The molecule has 5 heteroatoms. The molecule has 3 rings (SSSR count). The highest BCUT2D eigenvalue weighted by Crippen LogP contribution is 2.25. The van der Waals surface area contributed by atoms with Crippen LogP contribution in [0.25, 0.3) is 11.1 Å². The van der Waals surface area contributed by atoms with Gasteiger partial charge in [-0.1, -0.05) is 18.2 Å². The van der Waals surface area contributed by atoms with Gasteiger partial charge in [0.15, 0.2) is 5.58 Å². The van der Waals surface area contributed by atoms with Gasteiger partial charge in [0, 0.05) is 7.05 Å². The van der Waals surface area contributed by atoms with Crippen molar-refractivity contribution in [2.24, 2.45) is 7.05 Å². The summed E-state index contributed by atoms with van der Waals surface area (Å²) in [5.74, 6) is -0.650. The Balaban J connectivity index is 2.08. The first kappa shape index (κ1) is 13.6. The van der Waals surface area contributed by atoms with E-state index in [1.807, 2.05) is 25.2 Å². The molecule has 1 heterocycles. The molecule has 4 nitrogen and oxygen atoms in total. The third-order valence-electron chi connectivity index (χ3n) is 3.64. The van der Waals surface area contributed by atoms with Crippen molar-refractivity contribution in [1.29, 1.82) is 0 Å². The molecule has 0 aliphatic rings. The van der Waals surface area contributed by atoms with Crippen LogP contribution in [0.4, 0.5) is 4.39 Å². The lowest BCUT2D eigenvalue weighted by Gasteiger charge is -2.17. The van der Waals surface area contributed by atoms with E-state index in [4.69, 9.17) is 4.42 Å². The number of nitrogens with zero attached hydrogens (tertiary/aromatic N) is 1. The minimum absolute atomic E-state index is 0.0968. The molecule has 1 aromatic heterocycles. The topological polar surface area (TPSA) is 47.2 Å². The summed E-state index contributed by atoms with van der Waals surface area (Å²) in [5.41, 5.74) is 3.18. The SMILES string of the molecule is CNC(c1ccc(F)cc1)c1ccc2c(c1)oc(=O)n2C. The molecule has 0 saturated carbocycles. The lowest BCUT2D eigenvalue weighted by Crippen LogP contribution is -2.17. The van der Waals surface area contributed by atoms with E-state index in [0.29, 0.717) is 5.58 Å². The molecule has 2 aromatic carbocycles. The first-order valence-electron chi connectivity index (χ1n) is 6.62. The van der Waals surface area contributed by atoms with Crippen LogP contribution in [-0.4, -0.2) is 11.6 Å². The van der Waals surface area contributed by atoms with Crippen LogP contribution < -0.4 is 11.1 Å². The summed E-state index contributed by atoms with van der Waals surface area (Å²) in [6, 6.07) is 11.9. The number of fused-ring (bicyclic) bond motifs is 1. The maximum Gasteiger partial charge on any atom is 0.419 e. The molecule has 0 aliphatic heterocycles. The van der Waals surface area contributed by atoms with Gasteiger partial charge in [0.05, 0.1) is 11.6 Å².